The number of ether oxygens (including phenoxy) is 2. The maximum Gasteiger partial charge on any atom is 0.305 e. The molecule has 11 nitrogen and oxygen atoms in total. The van der Waals surface area contributed by atoms with Gasteiger partial charge >= 0.3 is 11.9 Å². The van der Waals surface area contributed by atoms with Crippen LogP contribution in [0.2, 0.25) is 5.02 Å². The molecular weight excluding hydrogens is 632 g/mol. The fourth-order valence-electron chi connectivity index (χ4n) is 4.13. The predicted octanol–water partition coefficient (Wildman–Crippen LogP) is 5.26. The molecular formula is C33H35ClN4O7S. The number of nitrogens with one attached hydrogen (secondary N) is 1. The summed E-state index contributed by atoms with van der Waals surface area (Å²) in [5, 5.41) is 3.25. The SMILES string of the molecule is COC(=O)CCCCS(=O)(CCCCC(=O)OC)=NC(=O)c1cnc(N)c(C#Cc2cccc(NC(=O)c3cccc(Cl)c3)c2)c1. The molecule has 2 amide bonds. The minimum absolute atomic E-state index is 0.0536. The van der Waals surface area contributed by atoms with Crippen LogP contribution in [0.15, 0.2) is 65.2 Å². The molecule has 1 heterocycles. The molecule has 0 saturated heterocycles. The molecule has 0 radical (unpaired) electrons. The van der Waals surface area contributed by atoms with E-state index in [1.807, 2.05) is 0 Å². The third-order valence-corrected chi connectivity index (χ3v) is 9.19. The van der Waals surface area contributed by atoms with Gasteiger partial charge in [-0.2, -0.15) is 4.36 Å². The number of hydrogen-bond acceptors (Lipinski definition) is 9. The number of hydrogen-bond donors (Lipinski definition) is 2. The van der Waals surface area contributed by atoms with Crippen LogP contribution in [0.1, 0.15) is 70.4 Å². The summed E-state index contributed by atoms with van der Waals surface area (Å²) in [6, 6.07) is 14.9. The smallest absolute Gasteiger partial charge is 0.305 e. The van der Waals surface area contributed by atoms with Gasteiger partial charge in [0, 0.05) is 52.4 Å². The van der Waals surface area contributed by atoms with E-state index in [9.17, 15) is 23.4 Å². The van der Waals surface area contributed by atoms with E-state index in [1.54, 1.807) is 48.5 Å². The van der Waals surface area contributed by atoms with Crippen LogP contribution in [0, 0.1) is 11.8 Å². The molecule has 2 aromatic carbocycles. The molecule has 0 unspecified atom stereocenters. The number of anilines is 2. The van der Waals surface area contributed by atoms with E-state index < -0.39 is 15.6 Å². The predicted molar refractivity (Wildman–Crippen MR) is 177 cm³/mol. The lowest BCUT2D eigenvalue weighted by Gasteiger charge is -2.10. The van der Waals surface area contributed by atoms with Crippen LogP contribution in [0.3, 0.4) is 0 Å². The molecule has 0 fully saturated rings. The Kier molecular flexibility index (Phi) is 13.7. The Morgan fingerprint density at radius 1 is 0.891 bits per heavy atom. The van der Waals surface area contributed by atoms with Gasteiger partial charge in [0.15, 0.2) is 0 Å². The molecule has 1 aromatic heterocycles. The third kappa shape index (κ3) is 11.6. The lowest BCUT2D eigenvalue weighted by atomic mass is 10.1. The van der Waals surface area contributed by atoms with Crippen molar-refractivity contribution in [1.29, 1.82) is 0 Å². The van der Waals surface area contributed by atoms with E-state index in [0.717, 1.165) is 0 Å². The number of methoxy groups -OCH3 is 2. The van der Waals surface area contributed by atoms with Gasteiger partial charge in [-0.3, -0.25) is 19.2 Å². The highest BCUT2D eigenvalue weighted by Crippen LogP contribution is 2.17. The van der Waals surface area contributed by atoms with E-state index in [4.69, 9.17) is 17.3 Å². The molecule has 0 aliphatic rings. The zero-order valence-electron chi connectivity index (χ0n) is 25.5. The van der Waals surface area contributed by atoms with Crippen molar-refractivity contribution in [2.24, 2.45) is 4.36 Å². The number of carbonyl (C=O) groups is 4. The van der Waals surface area contributed by atoms with Gasteiger partial charge in [0.2, 0.25) is 0 Å². The maximum absolute atomic E-state index is 13.7. The average molecular weight is 667 g/mol. The summed E-state index contributed by atoms with van der Waals surface area (Å²) in [7, 11) is -0.442. The molecule has 3 N–H and O–H groups in total. The van der Waals surface area contributed by atoms with Gasteiger partial charge in [-0.15, -0.1) is 0 Å². The van der Waals surface area contributed by atoms with Crippen molar-refractivity contribution < 1.29 is 32.9 Å². The minimum Gasteiger partial charge on any atom is -0.469 e. The first-order valence-corrected chi connectivity index (χ1v) is 16.6. The number of nitrogens with zero attached hydrogens (tertiary/aromatic N) is 2. The Morgan fingerprint density at radius 2 is 1.54 bits per heavy atom. The van der Waals surface area contributed by atoms with Crippen molar-refractivity contribution in [3.8, 4) is 11.8 Å². The molecule has 3 rings (SSSR count). The van der Waals surface area contributed by atoms with E-state index in [-0.39, 0.29) is 59.1 Å². The molecule has 0 atom stereocenters. The first-order chi connectivity index (χ1) is 22.0. The monoisotopic (exact) mass is 666 g/mol. The first kappa shape index (κ1) is 35.7. The lowest BCUT2D eigenvalue weighted by Crippen LogP contribution is -2.15. The van der Waals surface area contributed by atoms with Gasteiger partial charge in [0.05, 0.1) is 35.1 Å². The molecule has 0 bridgehead atoms. The summed E-state index contributed by atoms with van der Waals surface area (Å²) in [5.41, 5.74) is 7.82. The number of nitrogens with two attached hydrogens (primary N) is 1. The average Bonchev–Trinajstić information content (AvgIpc) is 3.04. The summed E-state index contributed by atoms with van der Waals surface area (Å²) in [4.78, 5) is 52.8. The van der Waals surface area contributed by atoms with Gasteiger partial charge in [-0.05, 0) is 68.1 Å². The summed E-state index contributed by atoms with van der Waals surface area (Å²) >= 11 is 5.99. The van der Waals surface area contributed by atoms with Gasteiger partial charge in [-0.1, -0.05) is 35.6 Å². The molecule has 242 valence electrons. The molecule has 0 saturated carbocycles. The van der Waals surface area contributed by atoms with Crippen LogP contribution in [-0.4, -0.2) is 58.7 Å². The molecule has 0 spiro atoms. The van der Waals surface area contributed by atoms with Gasteiger partial charge in [-0.25, -0.2) is 9.19 Å². The Hall–Kier alpha value is -4.73. The fraction of sp³-hybridized carbons (Fsp3) is 0.303. The molecule has 0 aliphatic carbocycles. The first-order valence-electron chi connectivity index (χ1n) is 14.4. The highest BCUT2D eigenvalue weighted by Gasteiger charge is 2.16. The molecule has 0 aliphatic heterocycles. The van der Waals surface area contributed by atoms with E-state index in [2.05, 4.69) is 36.0 Å². The standard InChI is InChI=1S/C33H35ClN4O7S/c1-44-29(39)13-3-5-17-46(43,18-6-4-14-30(40)45-2)38-33(42)26-20-24(31(35)36-22-26)16-15-23-9-7-12-28(19-23)37-32(41)25-10-8-11-27(34)21-25/h7-12,19-22H,3-6,13-14,17-18H2,1-2H3,(H2,35,36)(H,37,41). The number of nitrogen functional groups attached to an aromatic ring is 1. The Bertz CT molecular complexity index is 1740. The molecule has 46 heavy (non-hydrogen) atoms. The normalized spacial score (nSPS) is 10.7. The summed E-state index contributed by atoms with van der Waals surface area (Å²) < 4.78 is 27.1. The van der Waals surface area contributed by atoms with Crippen molar-refractivity contribution in [2.45, 2.75) is 38.5 Å². The fourth-order valence-corrected chi connectivity index (χ4v) is 6.43. The van der Waals surface area contributed by atoms with Crippen molar-refractivity contribution in [3.05, 3.63) is 88.1 Å². The molecule has 13 heteroatoms. The molecule has 3 aromatic rings. The van der Waals surface area contributed by atoms with Crippen molar-refractivity contribution in [1.82, 2.24) is 4.98 Å². The van der Waals surface area contributed by atoms with E-state index in [1.165, 1.54) is 26.5 Å². The number of carbonyl (C=O) groups excluding carboxylic acids is 4. The Labute approximate surface area is 273 Å². The number of benzene rings is 2. The second-order valence-electron chi connectivity index (χ2n) is 10.1. The Morgan fingerprint density at radius 3 is 2.17 bits per heavy atom. The number of unbranched alkanes of at least 4 members (excludes halogenated alkanes) is 2. The highest BCUT2D eigenvalue weighted by atomic mass is 35.5. The van der Waals surface area contributed by atoms with Crippen LogP contribution in [-0.2, 0) is 28.8 Å². The minimum atomic E-state index is -3.03. The maximum atomic E-state index is 13.7. The third-order valence-electron chi connectivity index (χ3n) is 6.61. The number of rotatable bonds is 13. The Balaban J connectivity index is 1.78. The van der Waals surface area contributed by atoms with Gasteiger partial charge in [0.25, 0.3) is 11.8 Å². The highest BCUT2D eigenvalue weighted by molar-refractivity contribution is 7.93. The van der Waals surface area contributed by atoms with Crippen LogP contribution >= 0.6 is 11.6 Å². The van der Waals surface area contributed by atoms with E-state index in [0.29, 0.717) is 47.5 Å². The number of halogens is 1. The van der Waals surface area contributed by atoms with Crippen molar-refractivity contribution in [3.63, 3.8) is 0 Å². The van der Waals surface area contributed by atoms with Crippen LogP contribution in [0.4, 0.5) is 11.5 Å². The van der Waals surface area contributed by atoms with Crippen LogP contribution in [0.5, 0.6) is 0 Å². The van der Waals surface area contributed by atoms with Crippen LogP contribution in [0.25, 0.3) is 0 Å². The summed E-state index contributed by atoms with van der Waals surface area (Å²) in [5.74, 6) is 4.29. The topological polar surface area (TPSA) is 167 Å². The zero-order chi connectivity index (χ0) is 33.5. The van der Waals surface area contributed by atoms with E-state index >= 15 is 0 Å². The second-order valence-corrected chi connectivity index (χ2v) is 13.1. The number of amides is 2. The number of aromatic nitrogens is 1. The van der Waals surface area contributed by atoms with Crippen molar-refractivity contribution in [2.75, 3.05) is 36.8 Å². The summed E-state index contributed by atoms with van der Waals surface area (Å²) in [6.45, 7) is 0. The lowest BCUT2D eigenvalue weighted by molar-refractivity contribution is -0.141. The number of esters is 2. The van der Waals surface area contributed by atoms with Crippen LogP contribution < -0.4 is 11.1 Å². The summed E-state index contributed by atoms with van der Waals surface area (Å²) in [6.07, 6.45) is 3.17. The van der Waals surface area contributed by atoms with Crippen molar-refractivity contribution >= 4 is 56.6 Å². The quantitative estimate of drug-likeness (QED) is 0.140. The largest absolute Gasteiger partial charge is 0.469 e. The second kappa shape index (κ2) is 17.7. The van der Waals surface area contributed by atoms with Gasteiger partial charge < -0.3 is 20.5 Å². The van der Waals surface area contributed by atoms with Gasteiger partial charge in [0.1, 0.15) is 5.82 Å². The number of pyridine rings is 1. The zero-order valence-corrected chi connectivity index (χ0v) is 27.1.